The van der Waals surface area contributed by atoms with Crippen LogP contribution in [0.2, 0.25) is 5.02 Å². The summed E-state index contributed by atoms with van der Waals surface area (Å²) in [7, 11) is -3.67. The van der Waals surface area contributed by atoms with Crippen molar-refractivity contribution in [2.45, 2.75) is 4.90 Å². The fraction of sp³-hybridized carbons (Fsp3) is 0.211. The minimum Gasteiger partial charge on any atom is -0.379 e. The zero-order chi connectivity index (χ0) is 20.1. The highest BCUT2D eigenvalue weighted by atomic mass is 35.5. The van der Waals surface area contributed by atoms with Gasteiger partial charge in [0.2, 0.25) is 15.9 Å². The average Bonchev–Trinajstić information content (AvgIpc) is 2.68. The van der Waals surface area contributed by atoms with E-state index in [2.05, 4.69) is 5.32 Å². The number of morpholine rings is 1. The number of anilines is 1. The van der Waals surface area contributed by atoms with Crippen LogP contribution in [0.4, 0.5) is 10.1 Å². The normalized spacial score (nSPS) is 15.6. The topological polar surface area (TPSA) is 75.7 Å². The second-order valence-electron chi connectivity index (χ2n) is 6.00. The molecule has 0 aromatic heterocycles. The van der Waals surface area contributed by atoms with Gasteiger partial charge in [0.1, 0.15) is 5.82 Å². The molecule has 1 fully saturated rings. The minimum absolute atomic E-state index is 0.0772. The first-order valence-electron chi connectivity index (χ1n) is 8.49. The van der Waals surface area contributed by atoms with Gasteiger partial charge in [0.15, 0.2) is 0 Å². The Labute approximate surface area is 167 Å². The Kier molecular flexibility index (Phi) is 6.46. The molecule has 1 aliphatic heterocycles. The summed E-state index contributed by atoms with van der Waals surface area (Å²) in [5, 5.41) is 2.75. The van der Waals surface area contributed by atoms with Crippen LogP contribution in [-0.4, -0.2) is 44.9 Å². The molecule has 148 valence electrons. The smallest absolute Gasteiger partial charge is 0.248 e. The lowest BCUT2D eigenvalue weighted by molar-refractivity contribution is -0.111. The number of hydrogen-bond acceptors (Lipinski definition) is 4. The molecule has 0 saturated carbocycles. The lowest BCUT2D eigenvalue weighted by atomic mass is 10.2. The van der Waals surface area contributed by atoms with Crippen LogP contribution in [0.1, 0.15) is 5.56 Å². The Hall–Kier alpha value is -2.26. The third kappa shape index (κ3) is 4.77. The molecular weight excluding hydrogens is 407 g/mol. The number of nitrogens with zero attached hydrogens (tertiary/aromatic N) is 1. The zero-order valence-electron chi connectivity index (χ0n) is 14.8. The van der Waals surface area contributed by atoms with Gasteiger partial charge < -0.3 is 10.1 Å². The van der Waals surface area contributed by atoms with Crippen molar-refractivity contribution in [1.29, 1.82) is 0 Å². The molecule has 1 saturated heterocycles. The first-order valence-corrected chi connectivity index (χ1v) is 10.3. The maximum atomic E-state index is 13.7. The van der Waals surface area contributed by atoms with Gasteiger partial charge in [-0.2, -0.15) is 4.31 Å². The van der Waals surface area contributed by atoms with Crippen molar-refractivity contribution in [2.24, 2.45) is 0 Å². The van der Waals surface area contributed by atoms with Gasteiger partial charge in [-0.15, -0.1) is 0 Å². The lowest BCUT2D eigenvalue weighted by Gasteiger charge is -2.26. The van der Waals surface area contributed by atoms with E-state index in [4.69, 9.17) is 16.3 Å². The van der Waals surface area contributed by atoms with E-state index in [0.717, 1.165) is 6.08 Å². The summed E-state index contributed by atoms with van der Waals surface area (Å²) in [4.78, 5) is 12.2. The number of carbonyl (C=O) groups excluding carboxylic acids is 1. The molecule has 0 spiro atoms. The molecule has 2 aromatic rings. The van der Waals surface area contributed by atoms with E-state index in [1.165, 1.54) is 40.7 Å². The van der Waals surface area contributed by atoms with Gasteiger partial charge in [-0.05, 0) is 36.4 Å². The highest BCUT2D eigenvalue weighted by Gasteiger charge is 2.26. The van der Waals surface area contributed by atoms with Crippen LogP contribution in [-0.2, 0) is 19.6 Å². The van der Waals surface area contributed by atoms with Crippen LogP contribution < -0.4 is 5.32 Å². The summed E-state index contributed by atoms with van der Waals surface area (Å²) in [6.45, 7) is 1.26. The van der Waals surface area contributed by atoms with Gasteiger partial charge in [0, 0.05) is 30.4 Å². The largest absolute Gasteiger partial charge is 0.379 e. The third-order valence-corrected chi connectivity index (χ3v) is 6.33. The van der Waals surface area contributed by atoms with Crippen LogP contribution in [0.5, 0.6) is 0 Å². The van der Waals surface area contributed by atoms with E-state index >= 15 is 0 Å². The number of ether oxygens (including phenoxy) is 1. The molecule has 3 rings (SSSR count). The number of amides is 1. The molecule has 1 N–H and O–H groups in total. The molecule has 0 atom stereocenters. The molecule has 0 radical (unpaired) electrons. The Bertz CT molecular complexity index is 984. The number of benzene rings is 2. The standard InChI is InChI=1S/C19H18ClFN2O4S/c20-17-5-2-6-18(21)16(17)7-8-19(24)22-14-3-1-4-15(13-14)28(25,26)23-9-11-27-12-10-23/h1-8,13H,9-12H2,(H,22,24)/b8-7+. The molecule has 1 heterocycles. The maximum Gasteiger partial charge on any atom is 0.248 e. The van der Waals surface area contributed by atoms with Crippen molar-refractivity contribution >= 4 is 39.3 Å². The number of sulfonamides is 1. The minimum atomic E-state index is -3.67. The molecular formula is C19H18ClFN2O4S. The Morgan fingerprint density at radius 2 is 1.89 bits per heavy atom. The number of halogens is 2. The van der Waals surface area contributed by atoms with Crippen molar-refractivity contribution in [3.05, 3.63) is 64.9 Å². The van der Waals surface area contributed by atoms with Crippen LogP contribution >= 0.6 is 11.6 Å². The molecule has 1 aliphatic rings. The highest BCUT2D eigenvalue weighted by Crippen LogP contribution is 2.22. The first-order chi connectivity index (χ1) is 13.4. The SMILES string of the molecule is O=C(/C=C/c1c(F)cccc1Cl)Nc1cccc(S(=O)(=O)N2CCOCC2)c1. The van der Waals surface area contributed by atoms with Crippen molar-refractivity contribution in [3.63, 3.8) is 0 Å². The van der Waals surface area contributed by atoms with Crippen molar-refractivity contribution in [3.8, 4) is 0 Å². The van der Waals surface area contributed by atoms with E-state index in [0.29, 0.717) is 18.9 Å². The fourth-order valence-corrected chi connectivity index (χ4v) is 4.36. The van der Waals surface area contributed by atoms with Gasteiger partial charge in [-0.1, -0.05) is 23.7 Å². The van der Waals surface area contributed by atoms with Crippen LogP contribution in [0.3, 0.4) is 0 Å². The number of nitrogens with one attached hydrogen (secondary N) is 1. The van der Waals surface area contributed by atoms with Crippen molar-refractivity contribution in [1.82, 2.24) is 4.31 Å². The van der Waals surface area contributed by atoms with E-state index in [9.17, 15) is 17.6 Å². The molecule has 0 aliphatic carbocycles. The second kappa shape index (κ2) is 8.83. The molecule has 0 unspecified atom stereocenters. The van der Waals surface area contributed by atoms with E-state index in [1.54, 1.807) is 12.1 Å². The summed E-state index contributed by atoms with van der Waals surface area (Å²) >= 11 is 5.91. The lowest BCUT2D eigenvalue weighted by Crippen LogP contribution is -2.40. The van der Waals surface area contributed by atoms with Crippen LogP contribution in [0.25, 0.3) is 6.08 Å². The number of carbonyl (C=O) groups is 1. The zero-order valence-corrected chi connectivity index (χ0v) is 16.3. The van der Waals surface area contributed by atoms with E-state index in [-0.39, 0.29) is 28.6 Å². The summed E-state index contributed by atoms with van der Waals surface area (Å²) in [6.07, 6.45) is 2.40. The maximum absolute atomic E-state index is 13.7. The van der Waals surface area contributed by atoms with Gasteiger partial charge >= 0.3 is 0 Å². The van der Waals surface area contributed by atoms with Gasteiger partial charge in [0.05, 0.1) is 23.1 Å². The Balaban J connectivity index is 1.74. The highest BCUT2D eigenvalue weighted by molar-refractivity contribution is 7.89. The summed E-state index contributed by atoms with van der Waals surface area (Å²) in [6, 6.07) is 10.2. The predicted octanol–water partition coefficient (Wildman–Crippen LogP) is 3.15. The quantitative estimate of drug-likeness (QED) is 0.748. The molecule has 0 bridgehead atoms. The second-order valence-corrected chi connectivity index (χ2v) is 8.35. The fourth-order valence-electron chi connectivity index (χ4n) is 2.68. The van der Waals surface area contributed by atoms with Gasteiger partial charge in [-0.25, -0.2) is 12.8 Å². The van der Waals surface area contributed by atoms with Crippen LogP contribution in [0.15, 0.2) is 53.4 Å². The molecule has 2 aromatic carbocycles. The summed E-state index contributed by atoms with van der Waals surface area (Å²) in [5.74, 6) is -1.09. The number of hydrogen-bond donors (Lipinski definition) is 1. The Morgan fingerprint density at radius 3 is 2.61 bits per heavy atom. The third-order valence-electron chi connectivity index (χ3n) is 4.11. The summed E-state index contributed by atoms with van der Waals surface area (Å²) in [5.41, 5.74) is 0.409. The number of rotatable bonds is 5. The Morgan fingerprint density at radius 1 is 1.18 bits per heavy atom. The monoisotopic (exact) mass is 424 g/mol. The van der Waals surface area contributed by atoms with E-state index < -0.39 is 21.7 Å². The molecule has 28 heavy (non-hydrogen) atoms. The molecule has 9 heteroatoms. The summed E-state index contributed by atoms with van der Waals surface area (Å²) < 4.78 is 45.7. The predicted molar refractivity (Wildman–Crippen MR) is 105 cm³/mol. The first kappa shape index (κ1) is 20.5. The van der Waals surface area contributed by atoms with Crippen LogP contribution in [0, 0.1) is 5.82 Å². The van der Waals surface area contributed by atoms with Crippen molar-refractivity contribution < 1.29 is 22.3 Å². The average molecular weight is 425 g/mol. The molecule has 1 amide bonds. The van der Waals surface area contributed by atoms with Crippen molar-refractivity contribution in [2.75, 3.05) is 31.6 Å². The molecule has 6 nitrogen and oxygen atoms in total. The van der Waals surface area contributed by atoms with E-state index in [1.807, 2.05) is 0 Å². The van der Waals surface area contributed by atoms with Gasteiger partial charge in [0.25, 0.3) is 0 Å². The van der Waals surface area contributed by atoms with Gasteiger partial charge in [-0.3, -0.25) is 4.79 Å².